The molecule has 0 saturated carbocycles. The van der Waals surface area contributed by atoms with Crippen LogP contribution in [0.25, 0.3) is 0 Å². The lowest BCUT2D eigenvalue weighted by Crippen LogP contribution is -2.14. The molecule has 2 nitrogen and oxygen atoms in total. The quantitative estimate of drug-likeness (QED) is 0.741. The van der Waals surface area contributed by atoms with Crippen LogP contribution < -0.4 is 5.32 Å². The number of nitrogens with one attached hydrogen (secondary N) is 1. The molecule has 2 aromatic rings. The van der Waals surface area contributed by atoms with Crippen LogP contribution in [0.4, 0.5) is 18.9 Å². The Kier molecular flexibility index (Phi) is 5.59. The Labute approximate surface area is 141 Å². The summed E-state index contributed by atoms with van der Waals surface area (Å²) >= 11 is 6.95. The second-order valence-corrected chi connectivity index (χ2v) is 6.30. The van der Waals surface area contributed by atoms with Crippen LogP contribution >= 0.6 is 23.4 Å². The summed E-state index contributed by atoms with van der Waals surface area (Å²) in [6.45, 7) is 1.97. The Morgan fingerprint density at radius 1 is 1.17 bits per heavy atom. The number of benzene rings is 2. The van der Waals surface area contributed by atoms with Crippen LogP contribution in [0.3, 0.4) is 0 Å². The number of rotatable bonds is 4. The standard InChI is InChI=1S/C16H13ClF3NOS/c1-10-2-5-12(6-3-10)23-9-15(22)21-11-4-7-13(14(17)8-11)16(18,19)20/h2-8H,9H2,1H3,(H,21,22). The first-order valence-corrected chi connectivity index (χ1v) is 7.98. The van der Waals surface area contributed by atoms with Crippen LogP contribution in [0.15, 0.2) is 47.4 Å². The molecule has 0 spiro atoms. The van der Waals surface area contributed by atoms with Crippen molar-refractivity contribution in [3.63, 3.8) is 0 Å². The van der Waals surface area contributed by atoms with E-state index in [1.165, 1.54) is 17.8 Å². The number of hydrogen-bond acceptors (Lipinski definition) is 2. The lowest BCUT2D eigenvalue weighted by Gasteiger charge is -2.11. The first-order valence-electron chi connectivity index (χ1n) is 6.62. The van der Waals surface area contributed by atoms with Gasteiger partial charge in [0.2, 0.25) is 5.91 Å². The minimum absolute atomic E-state index is 0.154. The Balaban J connectivity index is 1.95. The summed E-state index contributed by atoms with van der Waals surface area (Å²) in [6.07, 6.45) is -4.51. The normalized spacial score (nSPS) is 11.3. The van der Waals surface area contributed by atoms with Gasteiger partial charge in [-0.15, -0.1) is 11.8 Å². The molecule has 122 valence electrons. The molecule has 23 heavy (non-hydrogen) atoms. The van der Waals surface area contributed by atoms with Crippen molar-refractivity contribution >= 4 is 35.0 Å². The zero-order valence-corrected chi connectivity index (χ0v) is 13.6. The van der Waals surface area contributed by atoms with Gasteiger partial charge in [-0.25, -0.2) is 0 Å². The second-order valence-electron chi connectivity index (χ2n) is 4.84. The van der Waals surface area contributed by atoms with E-state index in [1.807, 2.05) is 31.2 Å². The smallest absolute Gasteiger partial charge is 0.325 e. The van der Waals surface area contributed by atoms with E-state index in [4.69, 9.17) is 11.6 Å². The molecule has 2 rings (SSSR count). The Morgan fingerprint density at radius 3 is 2.39 bits per heavy atom. The van der Waals surface area contributed by atoms with Gasteiger partial charge in [0.25, 0.3) is 0 Å². The molecule has 1 amide bonds. The number of anilines is 1. The van der Waals surface area contributed by atoms with E-state index in [2.05, 4.69) is 5.32 Å². The molecule has 2 aromatic carbocycles. The summed E-state index contributed by atoms with van der Waals surface area (Å²) in [5.74, 6) is -0.159. The van der Waals surface area contributed by atoms with Crippen molar-refractivity contribution in [1.82, 2.24) is 0 Å². The first kappa shape index (κ1) is 17.7. The molecule has 0 aliphatic carbocycles. The van der Waals surface area contributed by atoms with Gasteiger partial charge in [0.1, 0.15) is 0 Å². The summed E-state index contributed by atoms with van der Waals surface area (Å²) in [5, 5.41) is 2.09. The zero-order valence-electron chi connectivity index (χ0n) is 12.1. The van der Waals surface area contributed by atoms with Gasteiger partial charge in [0.15, 0.2) is 0 Å². The third-order valence-electron chi connectivity index (χ3n) is 2.95. The van der Waals surface area contributed by atoms with E-state index in [1.54, 1.807) is 0 Å². The molecule has 0 aliphatic heterocycles. The highest BCUT2D eigenvalue weighted by Gasteiger charge is 2.33. The summed E-state index contributed by atoms with van der Waals surface area (Å²) in [4.78, 5) is 12.8. The lowest BCUT2D eigenvalue weighted by atomic mass is 10.2. The number of aryl methyl sites for hydroxylation is 1. The highest BCUT2D eigenvalue weighted by molar-refractivity contribution is 8.00. The van der Waals surface area contributed by atoms with Crippen molar-refractivity contribution in [2.24, 2.45) is 0 Å². The van der Waals surface area contributed by atoms with Crippen molar-refractivity contribution in [2.45, 2.75) is 18.0 Å². The first-order chi connectivity index (χ1) is 10.8. The molecule has 0 unspecified atom stereocenters. The number of carbonyl (C=O) groups is 1. The van der Waals surface area contributed by atoms with Gasteiger partial charge in [-0.2, -0.15) is 13.2 Å². The highest BCUT2D eigenvalue weighted by Crippen LogP contribution is 2.35. The molecule has 0 saturated heterocycles. The molecule has 1 N–H and O–H groups in total. The summed E-state index contributed by atoms with van der Waals surface area (Å²) < 4.78 is 37.8. The van der Waals surface area contributed by atoms with E-state index >= 15 is 0 Å². The molecule has 0 bridgehead atoms. The molecule has 0 aliphatic rings. The number of hydrogen-bond donors (Lipinski definition) is 1. The van der Waals surface area contributed by atoms with Crippen LogP contribution in [0.5, 0.6) is 0 Å². The number of halogens is 4. The zero-order chi connectivity index (χ0) is 17.0. The van der Waals surface area contributed by atoms with Crippen LogP contribution in [0, 0.1) is 6.92 Å². The molecule has 7 heteroatoms. The number of carbonyl (C=O) groups excluding carboxylic acids is 1. The molecule has 0 fully saturated rings. The van der Waals surface area contributed by atoms with Crippen molar-refractivity contribution < 1.29 is 18.0 Å². The maximum absolute atomic E-state index is 12.6. The van der Waals surface area contributed by atoms with Gasteiger partial charge in [-0.1, -0.05) is 29.3 Å². The third kappa shape index (κ3) is 5.18. The monoisotopic (exact) mass is 359 g/mol. The van der Waals surface area contributed by atoms with E-state index in [0.29, 0.717) is 0 Å². The molecule has 0 aromatic heterocycles. The van der Waals surface area contributed by atoms with Gasteiger partial charge in [-0.05, 0) is 37.3 Å². The molecular weight excluding hydrogens is 347 g/mol. The predicted octanol–water partition coefficient (Wildman–Crippen LogP) is 5.40. The van der Waals surface area contributed by atoms with Crippen LogP contribution in [-0.2, 0) is 11.0 Å². The number of amides is 1. The van der Waals surface area contributed by atoms with Gasteiger partial charge >= 0.3 is 6.18 Å². The Hall–Kier alpha value is -1.66. The average molecular weight is 360 g/mol. The lowest BCUT2D eigenvalue weighted by molar-refractivity contribution is -0.137. The van der Waals surface area contributed by atoms with E-state index in [0.717, 1.165) is 22.6 Å². The SMILES string of the molecule is Cc1ccc(SCC(=O)Nc2ccc(C(F)(F)F)c(Cl)c2)cc1. The topological polar surface area (TPSA) is 29.1 Å². The summed E-state index contributed by atoms with van der Waals surface area (Å²) in [6, 6.07) is 10.8. The molecule has 0 atom stereocenters. The fourth-order valence-corrected chi connectivity index (χ4v) is 2.79. The third-order valence-corrected chi connectivity index (χ3v) is 4.27. The van der Waals surface area contributed by atoms with Crippen LogP contribution in [-0.4, -0.2) is 11.7 Å². The van der Waals surface area contributed by atoms with Crippen LogP contribution in [0.1, 0.15) is 11.1 Å². The van der Waals surface area contributed by atoms with Crippen molar-refractivity contribution in [2.75, 3.05) is 11.1 Å². The van der Waals surface area contributed by atoms with Crippen LogP contribution in [0.2, 0.25) is 5.02 Å². The number of alkyl halides is 3. The van der Waals surface area contributed by atoms with E-state index in [9.17, 15) is 18.0 Å². The summed E-state index contributed by atoms with van der Waals surface area (Å²) in [5.41, 5.74) is 0.432. The van der Waals surface area contributed by atoms with Gasteiger partial charge in [0.05, 0.1) is 16.3 Å². The van der Waals surface area contributed by atoms with Crippen molar-refractivity contribution in [3.05, 3.63) is 58.6 Å². The fourth-order valence-electron chi connectivity index (χ4n) is 1.80. The second kappa shape index (κ2) is 7.27. The van der Waals surface area contributed by atoms with Crippen molar-refractivity contribution in [3.8, 4) is 0 Å². The minimum atomic E-state index is -4.51. The molecular formula is C16H13ClF3NOS. The van der Waals surface area contributed by atoms with Gasteiger partial charge in [0, 0.05) is 10.6 Å². The maximum Gasteiger partial charge on any atom is 0.417 e. The van der Waals surface area contributed by atoms with E-state index in [-0.39, 0.29) is 17.3 Å². The average Bonchev–Trinajstić information content (AvgIpc) is 2.45. The Bertz CT molecular complexity index is 701. The largest absolute Gasteiger partial charge is 0.417 e. The minimum Gasteiger partial charge on any atom is -0.325 e. The highest BCUT2D eigenvalue weighted by atomic mass is 35.5. The summed E-state index contributed by atoms with van der Waals surface area (Å²) in [7, 11) is 0. The van der Waals surface area contributed by atoms with Gasteiger partial charge in [-0.3, -0.25) is 4.79 Å². The number of thioether (sulfide) groups is 1. The van der Waals surface area contributed by atoms with Gasteiger partial charge < -0.3 is 5.32 Å². The predicted molar refractivity (Wildman–Crippen MR) is 87.0 cm³/mol. The fraction of sp³-hybridized carbons (Fsp3) is 0.188. The van der Waals surface area contributed by atoms with Crippen molar-refractivity contribution in [1.29, 1.82) is 0 Å². The molecule has 0 radical (unpaired) electrons. The van der Waals surface area contributed by atoms with E-state index < -0.39 is 16.8 Å². The maximum atomic E-state index is 12.6. The Morgan fingerprint density at radius 2 is 1.83 bits per heavy atom. The molecule has 0 heterocycles.